The number of anilines is 2. The molecule has 0 amide bonds. The second kappa shape index (κ2) is 6.04. The van der Waals surface area contributed by atoms with E-state index in [4.69, 9.17) is 0 Å². The van der Waals surface area contributed by atoms with Crippen LogP contribution in [-0.4, -0.2) is 26.2 Å². The summed E-state index contributed by atoms with van der Waals surface area (Å²) in [5.41, 5.74) is 8.16. The van der Waals surface area contributed by atoms with Gasteiger partial charge in [0.25, 0.3) is 0 Å². The summed E-state index contributed by atoms with van der Waals surface area (Å²) in [5.74, 6) is 0. The Morgan fingerprint density at radius 2 is 0.773 bits per heavy atom. The summed E-state index contributed by atoms with van der Waals surface area (Å²) in [7, 11) is 0. The van der Waals surface area contributed by atoms with Gasteiger partial charge < -0.3 is 9.80 Å². The number of piperazine rings is 1. The fourth-order valence-corrected chi connectivity index (χ4v) is 3.49. The molecule has 0 radical (unpaired) electrons. The lowest BCUT2D eigenvalue weighted by molar-refractivity contribution is 0.653. The summed E-state index contributed by atoms with van der Waals surface area (Å²) in [4.78, 5) is 5.03. The van der Waals surface area contributed by atoms with Crippen LogP contribution in [0.25, 0.3) is 0 Å². The normalized spacial score (nSPS) is 15.3. The Kier molecular flexibility index (Phi) is 4.10. The molecule has 1 fully saturated rings. The predicted molar refractivity (Wildman–Crippen MR) is 96.3 cm³/mol. The van der Waals surface area contributed by atoms with Gasteiger partial charge in [-0.15, -0.1) is 0 Å². The average molecular weight is 294 g/mol. The first-order chi connectivity index (χ1) is 10.5. The molecule has 0 spiro atoms. The van der Waals surface area contributed by atoms with E-state index in [0.29, 0.717) is 0 Å². The molecule has 1 aliphatic rings. The maximum Gasteiger partial charge on any atom is 0.0372 e. The average Bonchev–Trinajstić information content (AvgIpc) is 2.45. The highest BCUT2D eigenvalue weighted by molar-refractivity contribution is 5.55. The predicted octanol–water partition coefficient (Wildman–Crippen LogP) is 4.25. The van der Waals surface area contributed by atoms with Crippen LogP contribution in [0.15, 0.2) is 36.4 Å². The molecule has 2 nitrogen and oxygen atoms in total. The summed E-state index contributed by atoms with van der Waals surface area (Å²) in [6, 6.07) is 13.7. The molecule has 1 saturated heterocycles. The van der Waals surface area contributed by atoms with Crippen molar-refractivity contribution in [2.24, 2.45) is 0 Å². The van der Waals surface area contributed by atoms with Gasteiger partial charge in [0.2, 0.25) is 0 Å². The van der Waals surface area contributed by atoms with Crippen LogP contribution in [-0.2, 0) is 0 Å². The minimum Gasteiger partial charge on any atom is -0.368 e. The zero-order valence-corrected chi connectivity index (χ0v) is 14.2. The zero-order chi connectivity index (χ0) is 15.7. The lowest BCUT2D eigenvalue weighted by atomic mass is 10.1. The lowest BCUT2D eigenvalue weighted by Gasteiger charge is -2.38. The molecule has 0 unspecified atom stereocenters. The van der Waals surface area contributed by atoms with E-state index < -0.39 is 0 Å². The molecule has 116 valence electrons. The van der Waals surface area contributed by atoms with Crippen LogP contribution in [0.4, 0.5) is 11.4 Å². The van der Waals surface area contributed by atoms with Crippen molar-refractivity contribution in [2.45, 2.75) is 27.7 Å². The number of rotatable bonds is 2. The Morgan fingerprint density at radius 1 is 0.500 bits per heavy atom. The Balaban J connectivity index is 1.72. The molecular formula is C20H26N2. The Bertz CT molecular complexity index is 567. The van der Waals surface area contributed by atoms with Crippen LogP contribution in [0, 0.1) is 27.7 Å². The number of nitrogens with zero attached hydrogens (tertiary/aromatic N) is 2. The van der Waals surface area contributed by atoms with Gasteiger partial charge in [-0.3, -0.25) is 0 Å². The molecule has 2 aromatic rings. The largest absolute Gasteiger partial charge is 0.368 e. The molecule has 0 atom stereocenters. The molecule has 0 aromatic heterocycles. The third-order valence-electron chi connectivity index (χ3n) is 4.42. The first kappa shape index (κ1) is 15.0. The maximum absolute atomic E-state index is 2.51. The van der Waals surface area contributed by atoms with Crippen molar-refractivity contribution in [1.82, 2.24) is 0 Å². The minimum atomic E-state index is 1.09. The van der Waals surface area contributed by atoms with E-state index >= 15 is 0 Å². The molecule has 2 heteroatoms. The van der Waals surface area contributed by atoms with Gasteiger partial charge in [0.1, 0.15) is 0 Å². The SMILES string of the molecule is Cc1cc(C)cc(N2CCN(c3cc(C)cc(C)c3)CC2)c1. The second-order valence-corrected chi connectivity index (χ2v) is 6.67. The van der Waals surface area contributed by atoms with Gasteiger partial charge in [-0.2, -0.15) is 0 Å². The van der Waals surface area contributed by atoms with Crippen molar-refractivity contribution in [1.29, 1.82) is 0 Å². The summed E-state index contributed by atoms with van der Waals surface area (Å²) < 4.78 is 0. The molecule has 0 aliphatic carbocycles. The van der Waals surface area contributed by atoms with Gasteiger partial charge in [0.05, 0.1) is 0 Å². The third kappa shape index (κ3) is 3.27. The smallest absolute Gasteiger partial charge is 0.0372 e. The number of benzene rings is 2. The minimum absolute atomic E-state index is 1.09. The fraction of sp³-hybridized carbons (Fsp3) is 0.400. The van der Waals surface area contributed by atoms with Crippen LogP contribution in [0.1, 0.15) is 22.3 Å². The van der Waals surface area contributed by atoms with E-state index in [1.807, 2.05) is 0 Å². The van der Waals surface area contributed by atoms with Crippen molar-refractivity contribution in [3.05, 3.63) is 58.7 Å². The summed E-state index contributed by atoms with van der Waals surface area (Å²) >= 11 is 0. The molecule has 0 bridgehead atoms. The third-order valence-corrected chi connectivity index (χ3v) is 4.42. The van der Waals surface area contributed by atoms with Crippen LogP contribution in [0.2, 0.25) is 0 Å². The van der Waals surface area contributed by atoms with E-state index in [9.17, 15) is 0 Å². The van der Waals surface area contributed by atoms with Gasteiger partial charge in [0, 0.05) is 37.6 Å². The fourth-order valence-electron chi connectivity index (χ4n) is 3.49. The van der Waals surface area contributed by atoms with Gasteiger partial charge >= 0.3 is 0 Å². The van der Waals surface area contributed by atoms with Crippen molar-refractivity contribution in [3.8, 4) is 0 Å². The van der Waals surface area contributed by atoms with E-state index in [0.717, 1.165) is 26.2 Å². The lowest BCUT2D eigenvalue weighted by Crippen LogP contribution is -2.46. The van der Waals surface area contributed by atoms with E-state index in [1.165, 1.54) is 33.6 Å². The molecule has 1 aliphatic heterocycles. The molecule has 22 heavy (non-hydrogen) atoms. The van der Waals surface area contributed by atoms with Gasteiger partial charge in [-0.05, 0) is 74.2 Å². The molecular weight excluding hydrogens is 268 g/mol. The number of aryl methyl sites for hydroxylation is 4. The number of hydrogen-bond donors (Lipinski definition) is 0. The topological polar surface area (TPSA) is 6.48 Å². The summed E-state index contributed by atoms with van der Waals surface area (Å²) in [6.07, 6.45) is 0. The maximum atomic E-state index is 2.51. The highest BCUT2D eigenvalue weighted by Gasteiger charge is 2.18. The molecule has 0 N–H and O–H groups in total. The van der Waals surface area contributed by atoms with Crippen molar-refractivity contribution < 1.29 is 0 Å². The highest BCUT2D eigenvalue weighted by atomic mass is 15.3. The molecule has 3 rings (SSSR count). The van der Waals surface area contributed by atoms with Crippen LogP contribution in [0.5, 0.6) is 0 Å². The van der Waals surface area contributed by atoms with E-state index in [1.54, 1.807) is 0 Å². The van der Waals surface area contributed by atoms with Crippen molar-refractivity contribution >= 4 is 11.4 Å². The van der Waals surface area contributed by atoms with Crippen LogP contribution < -0.4 is 9.80 Å². The first-order valence-corrected chi connectivity index (χ1v) is 8.18. The quantitative estimate of drug-likeness (QED) is 0.817. The van der Waals surface area contributed by atoms with Crippen molar-refractivity contribution in [2.75, 3.05) is 36.0 Å². The van der Waals surface area contributed by atoms with Gasteiger partial charge in [0.15, 0.2) is 0 Å². The molecule has 0 saturated carbocycles. The Hall–Kier alpha value is -1.96. The first-order valence-electron chi connectivity index (χ1n) is 8.18. The van der Waals surface area contributed by atoms with Gasteiger partial charge in [-0.25, -0.2) is 0 Å². The highest BCUT2D eigenvalue weighted by Crippen LogP contribution is 2.24. The molecule has 2 aromatic carbocycles. The number of hydrogen-bond acceptors (Lipinski definition) is 2. The Labute approximate surface area is 134 Å². The summed E-state index contributed by atoms with van der Waals surface area (Å²) in [6.45, 7) is 13.1. The monoisotopic (exact) mass is 294 g/mol. The Morgan fingerprint density at radius 3 is 1.05 bits per heavy atom. The van der Waals surface area contributed by atoms with E-state index in [2.05, 4.69) is 73.9 Å². The summed E-state index contributed by atoms with van der Waals surface area (Å²) in [5, 5.41) is 0. The standard InChI is InChI=1S/C20H26N2/c1-15-9-16(2)12-19(11-15)21-5-7-22(8-6-21)20-13-17(3)10-18(4)14-20/h9-14H,5-8H2,1-4H3. The van der Waals surface area contributed by atoms with E-state index in [-0.39, 0.29) is 0 Å². The van der Waals surface area contributed by atoms with Gasteiger partial charge in [-0.1, -0.05) is 12.1 Å². The van der Waals surface area contributed by atoms with Crippen molar-refractivity contribution in [3.63, 3.8) is 0 Å². The van der Waals surface area contributed by atoms with Crippen LogP contribution in [0.3, 0.4) is 0 Å². The zero-order valence-electron chi connectivity index (χ0n) is 14.2. The van der Waals surface area contributed by atoms with Crippen LogP contribution >= 0.6 is 0 Å². The molecule has 1 heterocycles. The second-order valence-electron chi connectivity index (χ2n) is 6.67.